The van der Waals surface area contributed by atoms with Gasteiger partial charge in [-0.05, 0) is 67.8 Å². The molecule has 0 aliphatic heterocycles. The Labute approximate surface area is 256 Å². The van der Waals surface area contributed by atoms with Crippen LogP contribution in [-0.4, -0.2) is 81.1 Å². The van der Waals surface area contributed by atoms with Crippen LogP contribution in [-0.2, 0) is 39.9 Å². The van der Waals surface area contributed by atoms with Crippen molar-refractivity contribution in [3.63, 3.8) is 0 Å². The van der Waals surface area contributed by atoms with E-state index < -0.39 is 53.4 Å². The fourth-order valence-corrected chi connectivity index (χ4v) is 8.92. The van der Waals surface area contributed by atoms with Crippen LogP contribution in [0.3, 0.4) is 0 Å². The molecule has 1 amide bonds. The molecule has 3 saturated carbocycles. The maximum Gasteiger partial charge on any atom is 0.328 e. The van der Waals surface area contributed by atoms with Gasteiger partial charge >= 0.3 is 11.9 Å². The van der Waals surface area contributed by atoms with Gasteiger partial charge in [-0.3, -0.25) is 19.2 Å². The number of nitrogens with zero attached hydrogens (tertiary/aromatic N) is 1. The Morgan fingerprint density at radius 3 is 2.64 bits per heavy atom. The number of amides is 1. The molecule has 0 saturated heterocycles. The van der Waals surface area contributed by atoms with E-state index in [4.69, 9.17) is 9.47 Å². The number of fused-ring (bicyclic) bond motifs is 5. The average molecular weight is 614 g/mol. The van der Waals surface area contributed by atoms with Gasteiger partial charge in [-0.1, -0.05) is 19.4 Å². The highest BCUT2D eigenvalue weighted by molar-refractivity contribution is 5.92. The summed E-state index contributed by atoms with van der Waals surface area (Å²) in [6.07, 6.45) is 7.31. The number of carbonyl (C=O) groups excluding carboxylic acids is 5. The molecule has 12 nitrogen and oxygen atoms in total. The third-order valence-corrected chi connectivity index (χ3v) is 11.2. The van der Waals surface area contributed by atoms with E-state index in [9.17, 15) is 34.2 Å². The fourth-order valence-electron chi connectivity index (χ4n) is 8.92. The molecule has 12 heteroatoms. The Bertz CT molecular complexity index is 1340. The van der Waals surface area contributed by atoms with Crippen LogP contribution in [0.1, 0.15) is 77.3 Å². The van der Waals surface area contributed by atoms with Gasteiger partial charge in [-0.15, -0.1) is 0 Å². The van der Waals surface area contributed by atoms with E-state index in [2.05, 4.69) is 22.2 Å². The number of aliphatic hydroxyl groups excluding tert-OH is 1. The van der Waals surface area contributed by atoms with Crippen molar-refractivity contribution in [2.45, 2.75) is 95.8 Å². The maximum absolute atomic E-state index is 13.5. The molecule has 4 aliphatic carbocycles. The summed E-state index contributed by atoms with van der Waals surface area (Å²) in [6, 6.07) is -0.976. The Hall–Kier alpha value is -3.38. The van der Waals surface area contributed by atoms with Crippen molar-refractivity contribution in [3.05, 3.63) is 29.9 Å². The van der Waals surface area contributed by atoms with Gasteiger partial charge in [0.05, 0.1) is 26.0 Å². The van der Waals surface area contributed by atoms with Crippen LogP contribution in [0.5, 0.6) is 0 Å². The average Bonchev–Trinajstić information content (AvgIpc) is 3.60. The summed E-state index contributed by atoms with van der Waals surface area (Å²) in [5, 5.41) is 25.9. The summed E-state index contributed by atoms with van der Waals surface area (Å²) in [7, 11) is 1.21. The number of rotatable bonds is 10. The number of allylic oxidation sites excluding steroid dienone is 1. The van der Waals surface area contributed by atoms with Crippen LogP contribution in [0.15, 0.2) is 24.2 Å². The number of ketones is 2. The number of methoxy groups -OCH3 is 1. The summed E-state index contributed by atoms with van der Waals surface area (Å²) in [5.41, 5.74) is -1.20. The summed E-state index contributed by atoms with van der Waals surface area (Å²) in [5.74, 6) is -2.41. The monoisotopic (exact) mass is 613 g/mol. The number of Topliss-reactive ketones (excluding diaryl/α,β-unsaturated/α-hetero) is 1. The van der Waals surface area contributed by atoms with Crippen molar-refractivity contribution < 1.29 is 43.7 Å². The lowest BCUT2D eigenvalue weighted by Crippen LogP contribution is -2.62. The molecule has 0 bridgehead atoms. The molecule has 0 unspecified atom stereocenters. The molecular formula is C32H43N3O9. The third-order valence-electron chi connectivity index (χ3n) is 11.2. The van der Waals surface area contributed by atoms with Crippen LogP contribution in [0, 0.1) is 28.6 Å². The van der Waals surface area contributed by atoms with Gasteiger partial charge in [0.25, 0.3) is 0 Å². The van der Waals surface area contributed by atoms with Crippen LogP contribution >= 0.6 is 0 Å². The predicted molar refractivity (Wildman–Crippen MR) is 154 cm³/mol. The van der Waals surface area contributed by atoms with Crippen molar-refractivity contribution in [2.24, 2.45) is 28.6 Å². The number of imidazole rings is 1. The lowest BCUT2D eigenvalue weighted by Gasteiger charge is -2.60. The SMILES string of the molecule is COC(=O)[C@H](Cc1cnc[nH]1)NC(=O)CCC(=O)OCC(=O)[C@@]1(O)CC[C@H]2[C@@H]3CCC4=CC(=O)CC[C@]4(C)[C@H]3[C@@H](O)C[C@@]21C. The molecule has 240 valence electrons. The van der Waals surface area contributed by atoms with E-state index in [1.165, 1.54) is 19.6 Å². The number of hydrogen-bond donors (Lipinski definition) is 4. The zero-order valence-corrected chi connectivity index (χ0v) is 25.6. The first-order valence-corrected chi connectivity index (χ1v) is 15.5. The number of nitrogens with one attached hydrogen (secondary N) is 2. The van der Waals surface area contributed by atoms with E-state index in [0.29, 0.717) is 25.0 Å². The molecule has 44 heavy (non-hydrogen) atoms. The number of aromatic nitrogens is 2. The standard InChI is InChI=1S/C32H43N3O9/c1-30-10-8-20(36)12-18(30)4-5-21-22-9-11-32(42,31(22,2)14-24(37)28(21)30)25(38)16-44-27(40)7-6-26(39)35-23(29(41)43-3)13-19-15-33-17-34-19/h12,15,17,21-24,28,37,42H,4-11,13-14,16H2,1-3H3,(H,33,34)(H,35,39)/t21-,22-,23-,24-,28+,30-,31-,32-/m0/s1. The van der Waals surface area contributed by atoms with Gasteiger partial charge in [-0.2, -0.15) is 0 Å². The molecule has 5 rings (SSSR count). The van der Waals surface area contributed by atoms with Gasteiger partial charge in [0, 0.05) is 36.6 Å². The molecule has 4 N–H and O–H groups in total. The number of aromatic amines is 1. The van der Waals surface area contributed by atoms with E-state index in [1.54, 1.807) is 6.08 Å². The smallest absolute Gasteiger partial charge is 0.328 e. The van der Waals surface area contributed by atoms with Crippen LogP contribution in [0.25, 0.3) is 0 Å². The maximum atomic E-state index is 13.5. The zero-order valence-electron chi connectivity index (χ0n) is 25.6. The minimum absolute atomic E-state index is 0.00441. The summed E-state index contributed by atoms with van der Waals surface area (Å²) < 4.78 is 9.96. The highest BCUT2D eigenvalue weighted by Gasteiger charge is 2.68. The van der Waals surface area contributed by atoms with Gasteiger partial charge in [0.1, 0.15) is 11.6 Å². The molecule has 3 fully saturated rings. The van der Waals surface area contributed by atoms with Gasteiger partial charge < -0.3 is 30.0 Å². The number of carbonyl (C=O) groups is 5. The molecule has 1 aromatic rings. The predicted octanol–water partition coefficient (Wildman–Crippen LogP) is 1.74. The normalized spacial score (nSPS) is 34.9. The van der Waals surface area contributed by atoms with E-state index in [0.717, 1.165) is 18.4 Å². The summed E-state index contributed by atoms with van der Waals surface area (Å²) in [6.45, 7) is 3.38. The minimum Gasteiger partial charge on any atom is -0.467 e. The zero-order chi connectivity index (χ0) is 31.9. The van der Waals surface area contributed by atoms with Crippen molar-refractivity contribution in [3.8, 4) is 0 Å². The molecular weight excluding hydrogens is 570 g/mol. The first-order chi connectivity index (χ1) is 20.8. The van der Waals surface area contributed by atoms with Crippen LogP contribution in [0.4, 0.5) is 0 Å². The topological polar surface area (TPSA) is 185 Å². The van der Waals surface area contributed by atoms with Gasteiger partial charge in [-0.25, -0.2) is 9.78 Å². The van der Waals surface area contributed by atoms with Crippen molar-refractivity contribution in [1.29, 1.82) is 0 Å². The highest BCUT2D eigenvalue weighted by Crippen LogP contribution is 2.67. The van der Waals surface area contributed by atoms with Crippen molar-refractivity contribution >= 4 is 29.4 Å². The highest BCUT2D eigenvalue weighted by atomic mass is 16.5. The van der Waals surface area contributed by atoms with E-state index in [1.807, 2.05) is 6.92 Å². The summed E-state index contributed by atoms with van der Waals surface area (Å²) >= 11 is 0. The second-order valence-corrected chi connectivity index (χ2v) is 13.5. The first kappa shape index (κ1) is 32.0. The van der Waals surface area contributed by atoms with Gasteiger partial charge in [0.2, 0.25) is 11.7 Å². The Balaban J connectivity index is 1.16. The molecule has 8 atom stereocenters. The Morgan fingerprint density at radius 1 is 1.16 bits per heavy atom. The second kappa shape index (κ2) is 12.2. The minimum atomic E-state index is -1.76. The largest absolute Gasteiger partial charge is 0.467 e. The molecule has 0 aromatic carbocycles. The molecule has 1 aromatic heterocycles. The third kappa shape index (κ3) is 5.62. The second-order valence-electron chi connectivity index (χ2n) is 13.5. The van der Waals surface area contributed by atoms with E-state index >= 15 is 0 Å². The molecule has 0 spiro atoms. The number of esters is 2. The number of aliphatic hydroxyl groups is 2. The van der Waals surface area contributed by atoms with Crippen molar-refractivity contribution in [1.82, 2.24) is 15.3 Å². The number of H-pyrrole nitrogens is 1. The van der Waals surface area contributed by atoms with Crippen LogP contribution in [0.2, 0.25) is 0 Å². The number of ether oxygens (including phenoxy) is 2. The molecule has 1 heterocycles. The van der Waals surface area contributed by atoms with Crippen LogP contribution < -0.4 is 5.32 Å². The Morgan fingerprint density at radius 2 is 1.93 bits per heavy atom. The molecule has 0 radical (unpaired) electrons. The number of hydrogen-bond acceptors (Lipinski definition) is 10. The fraction of sp³-hybridized carbons (Fsp3) is 0.688. The van der Waals surface area contributed by atoms with Gasteiger partial charge in [0.15, 0.2) is 12.4 Å². The summed E-state index contributed by atoms with van der Waals surface area (Å²) in [4.78, 5) is 69.4. The first-order valence-electron chi connectivity index (χ1n) is 15.5. The lowest BCUT2D eigenvalue weighted by molar-refractivity contribution is -0.184. The van der Waals surface area contributed by atoms with Crippen molar-refractivity contribution in [2.75, 3.05) is 13.7 Å². The molecule has 4 aliphatic rings. The quantitative estimate of drug-likeness (QED) is 0.283. The lowest BCUT2D eigenvalue weighted by atomic mass is 9.45. The Kier molecular flexibility index (Phi) is 8.87. The van der Waals surface area contributed by atoms with E-state index in [-0.39, 0.29) is 61.1 Å².